The molecule has 1 aromatic heterocycles. The van der Waals surface area contributed by atoms with Crippen LogP contribution in [-0.4, -0.2) is 15.4 Å². The number of para-hydroxylation sites is 1. The van der Waals surface area contributed by atoms with Crippen LogP contribution in [0, 0.1) is 6.92 Å². The quantitative estimate of drug-likeness (QED) is 0.728. The molecule has 4 heteroatoms. The molecule has 0 spiro atoms. The number of hydrogen-bond acceptors (Lipinski definition) is 1. The molecule has 23 heavy (non-hydrogen) atoms. The van der Waals surface area contributed by atoms with Crippen molar-refractivity contribution in [2.75, 3.05) is 11.0 Å². The van der Waals surface area contributed by atoms with Gasteiger partial charge in [-0.2, -0.15) is 0 Å². The van der Waals surface area contributed by atoms with Gasteiger partial charge in [-0.1, -0.05) is 55.8 Å². The Morgan fingerprint density at radius 3 is 2.43 bits per heavy atom. The van der Waals surface area contributed by atoms with Gasteiger partial charge in [0.1, 0.15) is 11.0 Å². The van der Waals surface area contributed by atoms with Crippen LogP contribution in [0.3, 0.4) is 0 Å². The lowest BCUT2D eigenvalue weighted by atomic mass is 9.78. The Labute approximate surface area is 139 Å². The van der Waals surface area contributed by atoms with Crippen LogP contribution in [0.1, 0.15) is 30.5 Å². The normalized spacial score (nSPS) is 13.2. The molecule has 0 saturated heterocycles. The van der Waals surface area contributed by atoms with Crippen molar-refractivity contribution in [1.82, 2.24) is 4.98 Å². The molecule has 2 aromatic carbocycles. The summed E-state index contributed by atoms with van der Waals surface area (Å²) in [5, 5.41) is 1.16. The lowest BCUT2D eigenvalue weighted by molar-refractivity contribution is 0.646. The van der Waals surface area contributed by atoms with Gasteiger partial charge in [-0.3, -0.25) is 0 Å². The number of rotatable bonds is 4. The van der Waals surface area contributed by atoms with E-state index in [1.807, 2.05) is 12.1 Å². The van der Waals surface area contributed by atoms with Gasteiger partial charge >= 0.3 is 0 Å². The van der Waals surface area contributed by atoms with Crippen molar-refractivity contribution in [3.8, 4) is 0 Å². The van der Waals surface area contributed by atoms with Gasteiger partial charge in [-0.15, -0.1) is 0 Å². The Bertz CT molecular complexity index is 863. The second-order valence-corrected chi connectivity index (χ2v) is 7.59. The van der Waals surface area contributed by atoms with Crippen molar-refractivity contribution >= 4 is 27.6 Å². The molecule has 0 radical (unpaired) electrons. The third-order valence-corrected chi connectivity index (χ3v) is 4.92. The van der Waals surface area contributed by atoms with Crippen LogP contribution >= 0.6 is 0 Å². The molecule has 0 amide bonds. The SMILES string of the molecule is Cc1ccc(C(C)(C)c2c[nH]c3c(NS(C)=O)cccc23)cc1. The van der Waals surface area contributed by atoms with Gasteiger partial charge in [-0.25, -0.2) is 4.21 Å². The van der Waals surface area contributed by atoms with E-state index in [4.69, 9.17) is 0 Å². The minimum Gasteiger partial charge on any atom is -0.359 e. The molecule has 0 saturated carbocycles. The summed E-state index contributed by atoms with van der Waals surface area (Å²) >= 11 is 0. The van der Waals surface area contributed by atoms with Crippen LogP contribution in [0.5, 0.6) is 0 Å². The fourth-order valence-corrected chi connectivity index (χ4v) is 3.52. The molecule has 2 N–H and O–H groups in total. The fraction of sp³-hybridized carbons (Fsp3) is 0.263. The summed E-state index contributed by atoms with van der Waals surface area (Å²) in [6, 6.07) is 14.7. The number of aromatic amines is 1. The summed E-state index contributed by atoms with van der Waals surface area (Å²) in [6.45, 7) is 6.57. The summed E-state index contributed by atoms with van der Waals surface area (Å²) in [5.41, 5.74) is 5.53. The number of H-pyrrole nitrogens is 1. The molecule has 3 aromatic rings. The van der Waals surface area contributed by atoms with E-state index in [1.165, 1.54) is 16.7 Å². The molecule has 120 valence electrons. The molecule has 0 aliphatic rings. The van der Waals surface area contributed by atoms with Crippen molar-refractivity contribution in [3.05, 3.63) is 65.4 Å². The van der Waals surface area contributed by atoms with E-state index in [2.05, 4.69) is 67.0 Å². The summed E-state index contributed by atoms with van der Waals surface area (Å²) in [4.78, 5) is 3.35. The summed E-state index contributed by atoms with van der Waals surface area (Å²) in [7, 11) is -1.09. The highest BCUT2D eigenvalue weighted by molar-refractivity contribution is 7.85. The summed E-state index contributed by atoms with van der Waals surface area (Å²) < 4.78 is 14.5. The second kappa shape index (κ2) is 5.85. The van der Waals surface area contributed by atoms with Crippen molar-refractivity contribution in [3.63, 3.8) is 0 Å². The van der Waals surface area contributed by atoms with Crippen LogP contribution in [0.2, 0.25) is 0 Å². The van der Waals surface area contributed by atoms with E-state index in [0.717, 1.165) is 16.6 Å². The number of fused-ring (bicyclic) bond motifs is 1. The van der Waals surface area contributed by atoms with E-state index >= 15 is 0 Å². The molecule has 0 aliphatic heterocycles. The summed E-state index contributed by atoms with van der Waals surface area (Å²) in [6.07, 6.45) is 3.70. The van der Waals surface area contributed by atoms with Crippen LogP contribution in [0.25, 0.3) is 10.9 Å². The van der Waals surface area contributed by atoms with Crippen molar-refractivity contribution in [1.29, 1.82) is 0 Å². The molecular formula is C19H22N2OS. The monoisotopic (exact) mass is 326 g/mol. The van der Waals surface area contributed by atoms with Gasteiger partial charge in [-0.05, 0) is 24.1 Å². The lowest BCUT2D eigenvalue weighted by Crippen LogP contribution is -2.18. The molecular weight excluding hydrogens is 304 g/mol. The number of aryl methyl sites for hydroxylation is 1. The average molecular weight is 326 g/mol. The van der Waals surface area contributed by atoms with E-state index in [1.54, 1.807) is 6.26 Å². The van der Waals surface area contributed by atoms with Gasteiger partial charge < -0.3 is 9.71 Å². The predicted molar refractivity (Wildman–Crippen MR) is 99.3 cm³/mol. The average Bonchev–Trinajstić information content (AvgIpc) is 2.93. The first-order valence-electron chi connectivity index (χ1n) is 7.67. The Morgan fingerprint density at radius 1 is 1.09 bits per heavy atom. The van der Waals surface area contributed by atoms with Gasteiger partial charge in [0, 0.05) is 23.3 Å². The maximum absolute atomic E-state index is 11.5. The highest BCUT2D eigenvalue weighted by atomic mass is 32.2. The highest BCUT2D eigenvalue weighted by Crippen LogP contribution is 2.37. The van der Waals surface area contributed by atoms with Crippen molar-refractivity contribution < 1.29 is 4.21 Å². The molecule has 0 bridgehead atoms. The zero-order valence-electron chi connectivity index (χ0n) is 13.9. The van der Waals surface area contributed by atoms with Gasteiger partial charge in [0.25, 0.3) is 0 Å². The summed E-state index contributed by atoms with van der Waals surface area (Å²) in [5.74, 6) is 0. The molecule has 3 nitrogen and oxygen atoms in total. The van der Waals surface area contributed by atoms with Crippen LogP contribution in [-0.2, 0) is 16.4 Å². The van der Waals surface area contributed by atoms with Crippen LogP contribution < -0.4 is 4.72 Å². The van der Waals surface area contributed by atoms with E-state index in [9.17, 15) is 4.21 Å². The lowest BCUT2D eigenvalue weighted by Gasteiger charge is -2.25. The first kappa shape index (κ1) is 15.8. The molecule has 3 rings (SSSR count). The number of anilines is 1. The standard InChI is InChI=1S/C19H22N2OS/c1-13-8-10-14(11-9-13)19(2,3)16-12-20-18-15(16)6-5-7-17(18)21-23(4)22/h5-12,20-21H,1-4H3. The smallest absolute Gasteiger partial charge is 0.114 e. The third kappa shape index (κ3) is 2.91. The minimum atomic E-state index is -1.09. The van der Waals surface area contributed by atoms with Gasteiger partial charge in [0.2, 0.25) is 0 Å². The van der Waals surface area contributed by atoms with E-state index < -0.39 is 11.0 Å². The van der Waals surface area contributed by atoms with Crippen molar-refractivity contribution in [2.45, 2.75) is 26.2 Å². The van der Waals surface area contributed by atoms with Crippen LogP contribution in [0.4, 0.5) is 5.69 Å². The minimum absolute atomic E-state index is 0.115. The maximum atomic E-state index is 11.5. The topological polar surface area (TPSA) is 44.9 Å². The predicted octanol–water partition coefficient (Wildman–Crippen LogP) is 4.51. The zero-order chi connectivity index (χ0) is 16.6. The Balaban J connectivity index is 2.12. The molecule has 0 fully saturated rings. The first-order valence-corrected chi connectivity index (χ1v) is 9.23. The largest absolute Gasteiger partial charge is 0.359 e. The van der Waals surface area contributed by atoms with Crippen LogP contribution in [0.15, 0.2) is 48.7 Å². The fourth-order valence-electron chi connectivity index (χ4n) is 3.04. The molecule has 0 aliphatic carbocycles. The van der Waals surface area contributed by atoms with E-state index in [-0.39, 0.29) is 5.41 Å². The number of nitrogens with one attached hydrogen (secondary N) is 2. The third-order valence-electron chi connectivity index (χ3n) is 4.42. The Kier molecular flexibility index (Phi) is 4.02. The highest BCUT2D eigenvalue weighted by Gasteiger charge is 2.26. The van der Waals surface area contributed by atoms with E-state index in [0.29, 0.717) is 0 Å². The molecule has 1 heterocycles. The number of benzene rings is 2. The zero-order valence-corrected chi connectivity index (χ0v) is 14.8. The maximum Gasteiger partial charge on any atom is 0.114 e. The van der Waals surface area contributed by atoms with Gasteiger partial charge in [0.05, 0.1) is 11.2 Å². The number of aromatic nitrogens is 1. The molecule has 1 unspecified atom stereocenters. The van der Waals surface area contributed by atoms with Gasteiger partial charge in [0.15, 0.2) is 0 Å². The first-order chi connectivity index (χ1) is 10.9. The molecule has 1 atom stereocenters. The second-order valence-electron chi connectivity index (χ2n) is 6.48. The number of hydrogen-bond donors (Lipinski definition) is 2. The Hall–Kier alpha value is -2.07. The Morgan fingerprint density at radius 2 is 1.78 bits per heavy atom. The van der Waals surface area contributed by atoms with Crippen molar-refractivity contribution in [2.24, 2.45) is 0 Å².